The first-order chi connectivity index (χ1) is 15.5. The fourth-order valence-corrected chi connectivity index (χ4v) is 4.09. The molecule has 8 nitrogen and oxygen atoms in total. The van der Waals surface area contributed by atoms with Crippen LogP contribution in [0.25, 0.3) is 16.6 Å². The molecule has 2 aliphatic rings. The number of ether oxygens (including phenoxy) is 1. The molecular weight excluding hydrogens is 404 g/mol. The van der Waals surface area contributed by atoms with Crippen LogP contribution in [0.4, 0.5) is 11.6 Å². The van der Waals surface area contributed by atoms with Crippen molar-refractivity contribution < 1.29 is 9.53 Å². The van der Waals surface area contributed by atoms with E-state index in [4.69, 9.17) is 4.74 Å². The number of anilines is 2. The molecule has 3 aromatic rings. The predicted octanol–water partition coefficient (Wildman–Crippen LogP) is 4.02. The Labute approximate surface area is 186 Å². The number of fused-ring (bicyclic) bond motifs is 1. The van der Waals surface area contributed by atoms with Gasteiger partial charge in [0.2, 0.25) is 5.95 Å². The third kappa shape index (κ3) is 4.13. The normalized spacial score (nSPS) is 17.0. The molecule has 32 heavy (non-hydrogen) atoms. The highest BCUT2D eigenvalue weighted by Gasteiger charge is 2.35. The molecule has 1 aromatic carbocycles. The van der Waals surface area contributed by atoms with Crippen LogP contribution in [0, 0.1) is 5.41 Å². The zero-order valence-electron chi connectivity index (χ0n) is 18.3. The quantitative estimate of drug-likeness (QED) is 0.616. The number of hydrogen-bond donors (Lipinski definition) is 2. The molecule has 1 saturated heterocycles. The molecule has 0 atom stereocenters. The zero-order valence-corrected chi connectivity index (χ0v) is 18.3. The van der Waals surface area contributed by atoms with Crippen LogP contribution in [0.1, 0.15) is 35.9 Å². The first kappa shape index (κ1) is 20.4. The number of nitrogens with one attached hydrogen (secondary N) is 2. The number of aliphatic imine (C=N–C) groups is 1. The SMILES string of the molecule is CN(CC1(C)COC1)C(=O)c1cc2cc(Nc3nccc(C4=CCCC=N4)n3)ccc2[nH]1. The van der Waals surface area contributed by atoms with Gasteiger partial charge in [0.15, 0.2) is 0 Å². The van der Waals surface area contributed by atoms with Crippen LogP contribution in [-0.2, 0) is 4.74 Å². The Balaban J connectivity index is 1.32. The first-order valence-electron chi connectivity index (χ1n) is 10.8. The minimum absolute atomic E-state index is 0.0267. The highest BCUT2D eigenvalue weighted by molar-refractivity contribution is 5.98. The van der Waals surface area contributed by atoms with Crippen molar-refractivity contribution in [2.75, 3.05) is 32.1 Å². The van der Waals surface area contributed by atoms with E-state index in [0.717, 1.165) is 40.8 Å². The van der Waals surface area contributed by atoms with E-state index in [2.05, 4.69) is 38.3 Å². The molecule has 2 N–H and O–H groups in total. The summed E-state index contributed by atoms with van der Waals surface area (Å²) >= 11 is 0. The van der Waals surface area contributed by atoms with Crippen LogP contribution in [0.5, 0.6) is 0 Å². The molecular formula is C24H26N6O2. The standard InChI is InChI=1S/C24H26N6O2/c1-24(14-32-15-24)13-30(2)22(31)21-12-16-11-17(6-7-18(16)28-21)27-23-26-10-8-20(29-23)19-5-3-4-9-25-19/h5-12,28H,3-4,13-15H2,1-2H3,(H,26,27,29). The minimum atomic E-state index is -0.0267. The first-order valence-corrected chi connectivity index (χ1v) is 10.8. The molecule has 0 spiro atoms. The number of hydrogen-bond acceptors (Lipinski definition) is 6. The van der Waals surface area contributed by atoms with Gasteiger partial charge in [-0.2, -0.15) is 0 Å². The number of allylic oxidation sites excluding steroid dienone is 1. The Morgan fingerprint density at radius 3 is 2.88 bits per heavy atom. The molecule has 164 valence electrons. The number of carbonyl (C=O) groups excluding carboxylic acids is 1. The summed E-state index contributed by atoms with van der Waals surface area (Å²) in [5.41, 5.74) is 4.04. The Morgan fingerprint density at radius 1 is 1.25 bits per heavy atom. The topological polar surface area (TPSA) is 95.5 Å². The van der Waals surface area contributed by atoms with Crippen molar-refractivity contribution in [1.82, 2.24) is 19.9 Å². The second kappa shape index (κ2) is 8.20. The lowest BCUT2D eigenvalue weighted by Gasteiger charge is -2.40. The number of benzene rings is 1. The van der Waals surface area contributed by atoms with Gasteiger partial charge in [0, 0.05) is 48.0 Å². The highest BCUT2D eigenvalue weighted by Crippen LogP contribution is 2.28. The van der Waals surface area contributed by atoms with E-state index in [9.17, 15) is 4.79 Å². The molecule has 8 heteroatoms. The third-order valence-corrected chi connectivity index (χ3v) is 5.76. The predicted molar refractivity (Wildman–Crippen MR) is 125 cm³/mol. The van der Waals surface area contributed by atoms with Gasteiger partial charge < -0.3 is 19.9 Å². The van der Waals surface area contributed by atoms with Gasteiger partial charge in [-0.1, -0.05) is 13.0 Å². The van der Waals surface area contributed by atoms with E-state index in [1.807, 2.05) is 43.6 Å². The third-order valence-electron chi connectivity index (χ3n) is 5.76. The van der Waals surface area contributed by atoms with Gasteiger partial charge in [0.1, 0.15) is 5.69 Å². The monoisotopic (exact) mass is 430 g/mol. The summed E-state index contributed by atoms with van der Waals surface area (Å²) in [4.78, 5) is 31.2. The summed E-state index contributed by atoms with van der Waals surface area (Å²) < 4.78 is 5.30. The van der Waals surface area contributed by atoms with Crippen molar-refractivity contribution in [3.8, 4) is 0 Å². The van der Waals surface area contributed by atoms with Gasteiger partial charge in [-0.3, -0.25) is 9.79 Å². The van der Waals surface area contributed by atoms with Crippen molar-refractivity contribution >= 4 is 40.4 Å². The van der Waals surface area contributed by atoms with Gasteiger partial charge in [0.25, 0.3) is 5.91 Å². The van der Waals surface area contributed by atoms with Gasteiger partial charge in [-0.25, -0.2) is 9.97 Å². The van der Waals surface area contributed by atoms with E-state index in [1.54, 1.807) is 11.1 Å². The molecule has 4 heterocycles. The summed E-state index contributed by atoms with van der Waals surface area (Å²) in [6.07, 6.45) is 7.67. The van der Waals surface area contributed by atoms with Crippen molar-refractivity contribution in [3.05, 3.63) is 54.0 Å². The van der Waals surface area contributed by atoms with Crippen LogP contribution in [-0.4, -0.2) is 58.8 Å². The summed E-state index contributed by atoms with van der Waals surface area (Å²) in [6.45, 7) is 4.19. The van der Waals surface area contributed by atoms with Gasteiger partial charge in [-0.05, 0) is 43.2 Å². The average Bonchev–Trinajstić information content (AvgIpc) is 3.21. The fourth-order valence-electron chi connectivity index (χ4n) is 4.09. The second-order valence-electron chi connectivity index (χ2n) is 8.82. The van der Waals surface area contributed by atoms with E-state index in [0.29, 0.717) is 31.4 Å². The molecule has 2 aliphatic heterocycles. The highest BCUT2D eigenvalue weighted by atomic mass is 16.5. The Kier molecular flexibility index (Phi) is 5.22. The molecule has 0 bridgehead atoms. The number of carbonyl (C=O) groups is 1. The number of aromatic nitrogens is 3. The maximum absolute atomic E-state index is 12.9. The molecule has 1 fully saturated rings. The molecule has 2 aromatic heterocycles. The van der Waals surface area contributed by atoms with Crippen LogP contribution in [0.3, 0.4) is 0 Å². The summed E-state index contributed by atoms with van der Waals surface area (Å²) in [6, 6.07) is 9.63. The van der Waals surface area contributed by atoms with E-state index in [-0.39, 0.29) is 11.3 Å². The molecule has 1 amide bonds. The molecule has 5 rings (SSSR count). The van der Waals surface area contributed by atoms with Crippen LogP contribution in [0.2, 0.25) is 0 Å². The summed E-state index contributed by atoms with van der Waals surface area (Å²) in [7, 11) is 1.83. The van der Waals surface area contributed by atoms with Crippen molar-refractivity contribution in [2.24, 2.45) is 10.4 Å². The van der Waals surface area contributed by atoms with E-state index in [1.165, 1.54) is 0 Å². The van der Waals surface area contributed by atoms with Crippen LogP contribution < -0.4 is 5.32 Å². The van der Waals surface area contributed by atoms with Crippen LogP contribution >= 0.6 is 0 Å². The van der Waals surface area contributed by atoms with Crippen molar-refractivity contribution in [1.29, 1.82) is 0 Å². The van der Waals surface area contributed by atoms with Crippen molar-refractivity contribution in [2.45, 2.75) is 19.8 Å². The van der Waals surface area contributed by atoms with Gasteiger partial charge in [0.05, 0.1) is 24.6 Å². The van der Waals surface area contributed by atoms with Gasteiger partial charge in [-0.15, -0.1) is 0 Å². The Morgan fingerprint density at radius 2 is 2.12 bits per heavy atom. The second-order valence-corrected chi connectivity index (χ2v) is 8.82. The number of nitrogens with zero attached hydrogens (tertiary/aromatic N) is 4. The summed E-state index contributed by atoms with van der Waals surface area (Å²) in [5, 5.41) is 4.20. The van der Waals surface area contributed by atoms with E-state index >= 15 is 0 Å². The Hall–Kier alpha value is -3.52. The minimum Gasteiger partial charge on any atom is -0.380 e. The number of rotatable bonds is 6. The molecule has 0 saturated carbocycles. The number of aromatic amines is 1. The van der Waals surface area contributed by atoms with Gasteiger partial charge >= 0.3 is 0 Å². The fraction of sp³-hybridized carbons (Fsp3) is 0.333. The smallest absolute Gasteiger partial charge is 0.270 e. The lowest BCUT2D eigenvalue weighted by Crippen LogP contribution is -2.49. The molecule has 0 aliphatic carbocycles. The largest absolute Gasteiger partial charge is 0.380 e. The average molecular weight is 431 g/mol. The zero-order chi connectivity index (χ0) is 22.1. The lowest BCUT2D eigenvalue weighted by molar-refractivity contribution is -0.109. The lowest BCUT2D eigenvalue weighted by atomic mass is 9.88. The molecule has 0 unspecified atom stereocenters. The van der Waals surface area contributed by atoms with E-state index < -0.39 is 0 Å². The van der Waals surface area contributed by atoms with Crippen molar-refractivity contribution in [3.63, 3.8) is 0 Å². The maximum Gasteiger partial charge on any atom is 0.270 e. The number of amides is 1. The summed E-state index contributed by atoms with van der Waals surface area (Å²) in [5.74, 6) is 0.479. The Bertz CT molecular complexity index is 1220. The maximum atomic E-state index is 12.9. The molecule has 0 radical (unpaired) electrons. The van der Waals surface area contributed by atoms with Crippen LogP contribution in [0.15, 0.2) is 47.6 Å². The number of H-pyrrole nitrogens is 1.